The molecule has 3 heterocycles. The summed E-state index contributed by atoms with van der Waals surface area (Å²) in [6.45, 7) is 4.19. The van der Waals surface area contributed by atoms with Crippen molar-refractivity contribution in [3.05, 3.63) is 58.7 Å². The minimum Gasteiger partial charge on any atom is -0.497 e. The Kier molecular flexibility index (Phi) is 7.90. The zero-order valence-corrected chi connectivity index (χ0v) is 29.2. The maximum Gasteiger partial charge on any atom is 0.264 e. The summed E-state index contributed by atoms with van der Waals surface area (Å²) in [6.07, 6.45) is 10.1. The number of nitrogens with zero attached hydrogens (tertiary/aromatic N) is 3. The van der Waals surface area contributed by atoms with Gasteiger partial charge in [0.05, 0.1) is 17.8 Å². The van der Waals surface area contributed by atoms with E-state index in [-0.39, 0.29) is 11.8 Å². The van der Waals surface area contributed by atoms with E-state index in [4.69, 9.17) is 4.74 Å². The van der Waals surface area contributed by atoms with Gasteiger partial charge in [0.2, 0.25) is 15.9 Å². The second-order valence-electron chi connectivity index (χ2n) is 15.6. The van der Waals surface area contributed by atoms with Crippen molar-refractivity contribution in [1.82, 2.24) is 14.5 Å². The van der Waals surface area contributed by atoms with Crippen molar-refractivity contribution in [3.63, 3.8) is 0 Å². The van der Waals surface area contributed by atoms with Crippen molar-refractivity contribution in [3.8, 4) is 5.75 Å². The quantitative estimate of drug-likeness (QED) is 0.462. The van der Waals surface area contributed by atoms with Gasteiger partial charge in [0.15, 0.2) is 0 Å². The average Bonchev–Trinajstić information content (AvgIpc) is 3.99. The Morgan fingerprint density at radius 3 is 2.33 bits per heavy atom. The van der Waals surface area contributed by atoms with E-state index < -0.39 is 26.6 Å². The molecule has 9 nitrogen and oxygen atoms in total. The van der Waals surface area contributed by atoms with Crippen LogP contribution in [0.1, 0.15) is 84.3 Å². The number of nitrogens with one attached hydrogen (secondary N) is 1. The molecule has 3 aliphatic heterocycles. The smallest absolute Gasteiger partial charge is 0.264 e. The summed E-state index contributed by atoms with van der Waals surface area (Å²) in [5.41, 5.74) is 5.18. The van der Waals surface area contributed by atoms with Gasteiger partial charge in [-0.25, -0.2) is 13.1 Å². The summed E-state index contributed by atoms with van der Waals surface area (Å²) >= 11 is 0. The van der Waals surface area contributed by atoms with Crippen LogP contribution in [0.2, 0.25) is 0 Å². The number of anilines is 1. The highest BCUT2D eigenvalue weighted by molar-refractivity contribution is 7.91. The largest absolute Gasteiger partial charge is 0.497 e. The third-order valence-electron chi connectivity index (χ3n) is 12.2. The van der Waals surface area contributed by atoms with Gasteiger partial charge in [-0.3, -0.25) is 9.59 Å². The van der Waals surface area contributed by atoms with E-state index in [2.05, 4.69) is 44.7 Å². The first-order valence-electron chi connectivity index (χ1n) is 17.9. The number of methoxy groups -OCH3 is 1. The number of hydrogen-bond donors (Lipinski definition) is 1. The average molecular weight is 673 g/mol. The number of hydrogen-bond acceptors (Lipinski definition) is 7. The van der Waals surface area contributed by atoms with E-state index in [0.717, 1.165) is 68.0 Å². The highest BCUT2D eigenvalue weighted by Gasteiger charge is 2.63. The van der Waals surface area contributed by atoms with E-state index in [1.54, 1.807) is 13.2 Å². The van der Waals surface area contributed by atoms with Gasteiger partial charge < -0.3 is 19.4 Å². The SMILES string of the molecule is COc1ccc2c(c1)C1CC1(C(=O)N1CC3CN(C)CC3C1)CN(C)c1cc(C(=O)NS(=O)(=O)C3CC3)ccc1/C(C1CCCCC1)=C/2. The van der Waals surface area contributed by atoms with Crippen molar-refractivity contribution in [2.45, 2.75) is 62.5 Å². The zero-order chi connectivity index (χ0) is 33.4. The van der Waals surface area contributed by atoms with Crippen LogP contribution in [0.25, 0.3) is 11.6 Å². The van der Waals surface area contributed by atoms with Gasteiger partial charge >= 0.3 is 0 Å². The molecule has 4 atom stereocenters. The molecular formula is C38H48N4O5S. The van der Waals surface area contributed by atoms with Gasteiger partial charge in [0.1, 0.15) is 5.75 Å². The highest BCUT2D eigenvalue weighted by atomic mass is 32.2. The second kappa shape index (κ2) is 11.9. The Balaban J connectivity index is 1.23. The van der Waals surface area contributed by atoms with Gasteiger partial charge in [0.25, 0.3) is 5.91 Å². The number of fused-ring (bicyclic) bond motifs is 5. The van der Waals surface area contributed by atoms with Crippen LogP contribution in [-0.4, -0.2) is 89.2 Å². The van der Waals surface area contributed by atoms with Crippen LogP contribution in [-0.2, 0) is 14.8 Å². The first-order valence-corrected chi connectivity index (χ1v) is 19.4. The molecule has 0 aromatic heterocycles. The second-order valence-corrected chi connectivity index (χ2v) is 17.5. The van der Waals surface area contributed by atoms with Gasteiger partial charge in [-0.05, 0) is 97.9 Å². The number of rotatable bonds is 6. The molecule has 256 valence electrons. The van der Waals surface area contributed by atoms with Crippen LogP contribution < -0.4 is 14.4 Å². The molecular weight excluding hydrogens is 625 g/mol. The van der Waals surface area contributed by atoms with Gasteiger partial charge in [-0.2, -0.15) is 0 Å². The van der Waals surface area contributed by atoms with Crippen LogP contribution in [0.5, 0.6) is 5.75 Å². The van der Waals surface area contributed by atoms with Crippen molar-refractivity contribution in [2.24, 2.45) is 23.2 Å². The number of amides is 2. The summed E-state index contributed by atoms with van der Waals surface area (Å²) in [4.78, 5) is 34.9. The van der Waals surface area contributed by atoms with Crippen LogP contribution in [0.3, 0.4) is 0 Å². The van der Waals surface area contributed by atoms with Gasteiger partial charge in [0, 0.05) is 62.5 Å². The fourth-order valence-electron chi connectivity index (χ4n) is 9.40. The number of ether oxygens (including phenoxy) is 1. The fraction of sp³-hybridized carbons (Fsp3) is 0.579. The van der Waals surface area contributed by atoms with Crippen molar-refractivity contribution < 1.29 is 22.7 Å². The number of allylic oxidation sites excluding steroid dienone is 1. The summed E-state index contributed by atoms with van der Waals surface area (Å²) < 4.78 is 33.5. The fourth-order valence-corrected chi connectivity index (χ4v) is 10.7. The third kappa shape index (κ3) is 5.62. The van der Waals surface area contributed by atoms with Gasteiger partial charge in [-0.1, -0.05) is 37.5 Å². The molecule has 2 aromatic carbocycles. The van der Waals surface area contributed by atoms with E-state index in [1.807, 2.05) is 25.2 Å². The molecule has 10 heteroatoms. The number of sulfonamides is 1. The van der Waals surface area contributed by atoms with Crippen LogP contribution in [0.4, 0.5) is 5.69 Å². The molecule has 4 unspecified atom stereocenters. The Bertz CT molecular complexity index is 1770. The minimum absolute atomic E-state index is 0.0428. The van der Waals surface area contributed by atoms with Crippen LogP contribution >= 0.6 is 0 Å². The zero-order valence-electron chi connectivity index (χ0n) is 28.4. The summed E-state index contributed by atoms with van der Waals surface area (Å²) in [5.74, 6) is 1.88. The first kappa shape index (κ1) is 31.9. The molecule has 2 aromatic rings. The Morgan fingerprint density at radius 1 is 0.917 bits per heavy atom. The molecule has 0 bridgehead atoms. The minimum atomic E-state index is -3.69. The summed E-state index contributed by atoms with van der Waals surface area (Å²) in [5, 5.41) is -0.483. The lowest BCUT2D eigenvalue weighted by Gasteiger charge is -2.34. The first-order chi connectivity index (χ1) is 23.1. The lowest BCUT2D eigenvalue weighted by atomic mass is 9.78. The maximum atomic E-state index is 14.8. The standard InChI is InChI=1S/C38H48N4O5S/c1-40-19-27-21-42(22-28(27)20-40)37(44)38-18-34(38)33-17-29(47-3)11-9-25(33)15-32(24-7-5-4-6-8-24)31-14-10-26(16-35(31)41(2)23-38)36(43)39-48(45,46)30-12-13-30/h9-11,14-17,24,27-28,30,34H,4-8,12-13,18-23H2,1-3H3,(H,39,43)/b32-15+. The monoisotopic (exact) mass is 672 g/mol. The van der Waals surface area contributed by atoms with E-state index >= 15 is 0 Å². The molecule has 2 saturated heterocycles. The third-order valence-corrected chi connectivity index (χ3v) is 14.0. The van der Waals surface area contributed by atoms with Crippen molar-refractivity contribution >= 4 is 39.2 Å². The van der Waals surface area contributed by atoms with E-state index in [9.17, 15) is 18.0 Å². The Hall–Kier alpha value is -3.37. The molecule has 8 rings (SSSR count). The van der Waals surface area contributed by atoms with Gasteiger partial charge in [-0.15, -0.1) is 0 Å². The number of likely N-dealkylation sites (tertiary alicyclic amines) is 2. The molecule has 0 spiro atoms. The number of benzene rings is 2. The maximum absolute atomic E-state index is 14.8. The topological polar surface area (TPSA) is 99.3 Å². The van der Waals surface area contributed by atoms with Crippen molar-refractivity contribution in [2.75, 3.05) is 58.8 Å². The van der Waals surface area contributed by atoms with E-state index in [1.165, 1.54) is 30.4 Å². The summed E-state index contributed by atoms with van der Waals surface area (Å²) in [6, 6.07) is 11.9. The molecule has 3 saturated carbocycles. The van der Waals surface area contributed by atoms with Crippen LogP contribution in [0.15, 0.2) is 36.4 Å². The number of carbonyl (C=O) groups excluding carboxylic acids is 2. The van der Waals surface area contributed by atoms with Crippen molar-refractivity contribution in [1.29, 1.82) is 0 Å². The summed E-state index contributed by atoms with van der Waals surface area (Å²) in [7, 11) is 2.21. The van der Waals surface area contributed by atoms with E-state index in [0.29, 0.717) is 42.7 Å². The molecule has 0 radical (unpaired) electrons. The number of carbonyl (C=O) groups is 2. The molecule has 6 aliphatic rings. The van der Waals surface area contributed by atoms with Crippen LogP contribution in [0, 0.1) is 23.2 Å². The lowest BCUT2D eigenvalue weighted by molar-refractivity contribution is -0.136. The predicted octanol–water partition coefficient (Wildman–Crippen LogP) is 4.98. The molecule has 1 N–H and O–H groups in total. The molecule has 5 fully saturated rings. The Labute approximate surface area is 284 Å². The molecule has 3 aliphatic carbocycles. The lowest BCUT2D eigenvalue weighted by Crippen LogP contribution is -2.43. The Morgan fingerprint density at radius 2 is 1.65 bits per heavy atom. The highest BCUT2D eigenvalue weighted by Crippen LogP contribution is 2.63. The normalized spacial score (nSPS) is 30.0. The predicted molar refractivity (Wildman–Crippen MR) is 187 cm³/mol. The molecule has 2 amide bonds. The molecule has 48 heavy (non-hydrogen) atoms.